The molecule has 3 N–H and O–H groups in total. The molecule has 7 heteroatoms. The number of anilines is 1. The molecule has 1 saturated carbocycles. The van der Waals surface area contributed by atoms with Crippen molar-refractivity contribution in [1.82, 2.24) is 15.2 Å². The van der Waals surface area contributed by atoms with Crippen LogP contribution in [0.25, 0.3) is 0 Å². The van der Waals surface area contributed by atoms with E-state index in [4.69, 9.17) is 0 Å². The Hall–Kier alpha value is -2.15. The molecule has 0 atom stereocenters. The summed E-state index contributed by atoms with van der Waals surface area (Å²) in [6, 6.07) is 1.28. The Morgan fingerprint density at radius 1 is 1.27 bits per heavy atom. The predicted octanol–water partition coefficient (Wildman–Crippen LogP) is 0.304. The van der Waals surface area contributed by atoms with Gasteiger partial charge in [0, 0.05) is 30.5 Å². The predicted molar refractivity (Wildman–Crippen MR) is 83.6 cm³/mol. The number of rotatable bonds is 4. The third-order valence-corrected chi connectivity index (χ3v) is 4.34. The van der Waals surface area contributed by atoms with Crippen LogP contribution in [0, 0.1) is 0 Å². The summed E-state index contributed by atoms with van der Waals surface area (Å²) in [6.45, 7) is 0.428. The van der Waals surface area contributed by atoms with E-state index < -0.39 is 11.8 Å². The van der Waals surface area contributed by atoms with Gasteiger partial charge in [-0.05, 0) is 26.9 Å². The van der Waals surface area contributed by atoms with E-state index in [1.54, 1.807) is 0 Å². The molecule has 120 valence electrons. The first-order valence-corrected chi connectivity index (χ1v) is 7.38. The maximum atomic E-state index is 11.9. The van der Waals surface area contributed by atoms with Crippen LogP contribution >= 0.6 is 0 Å². The summed E-state index contributed by atoms with van der Waals surface area (Å²) < 4.78 is 0. The van der Waals surface area contributed by atoms with Crippen LogP contribution in [0.2, 0.25) is 0 Å². The highest BCUT2D eigenvalue weighted by molar-refractivity contribution is 6.39. The van der Waals surface area contributed by atoms with Gasteiger partial charge in [-0.25, -0.2) is 0 Å². The molecule has 0 bridgehead atoms. The highest BCUT2D eigenvalue weighted by Crippen LogP contribution is 2.32. The maximum absolute atomic E-state index is 11.9. The number of aromatic amines is 1. The molecule has 2 rings (SSSR count). The van der Waals surface area contributed by atoms with Crippen LogP contribution in [0.3, 0.4) is 0 Å². The SMILES string of the molecule is CN(C)C1(CNC(=O)C(=O)Nc2c[nH]ccc2=O)CCCC1. The van der Waals surface area contributed by atoms with Gasteiger partial charge in [-0.2, -0.15) is 0 Å². The Labute approximate surface area is 129 Å². The molecule has 22 heavy (non-hydrogen) atoms. The number of pyridine rings is 1. The monoisotopic (exact) mass is 306 g/mol. The van der Waals surface area contributed by atoms with Gasteiger partial charge in [-0.3, -0.25) is 14.4 Å². The molecule has 1 aromatic rings. The molecule has 7 nitrogen and oxygen atoms in total. The van der Waals surface area contributed by atoms with Gasteiger partial charge in [0.15, 0.2) is 0 Å². The van der Waals surface area contributed by atoms with Gasteiger partial charge in [0.2, 0.25) is 5.43 Å². The minimum absolute atomic E-state index is 0.0610. The van der Waals surface area contributed by atoms with Crippen LogP contribution in [-0.4, -0.2) is 47.9 Å². The number of carbonyl (C=O) groups excluding carboxylic acids is 2. The zero-order chi connectivity index (χ0) is 16.2. The first kappa shape index (κ1) is 16.2. The third kappa shape index (κ3) is 3.54. The van der Waals surface area contributed by atoms with Crippen molar-refractivity contribution in [1.29, 1.82) is 0 Å². The average Bonchev–Trinajstić information content (AvgIpc) is 2.97. The second-order valence-corrected chi connectivity index (χ2v) is 5.88. The summed E-state index contributed by atoms with van der Waals surface area (Å²) >= 11 is 0. The number of H-pyrrole nitrogens is 1. The molecule has 1 fully saturated rings. The van der Waals surface area contributed by atoms with Gasteiger partial charge in [0.25, 0.3) is 0 Å². The molecule has 1 aliphatic rings. The molecule has 1 aliphatic carbocycles. The van der Waals surface area contributed by atoms with Crippen LogP contribution in [0.15, 0.2) is 23.3 Å². The van der Waals surface area contributed by atoms with E-state index in [1.165, 1.54) is 18.5 Å². The Balaban J connectivity index is 1.93. The fourth-order valence-electron chi connectivity index (χ4n) is 2.83. The van der Waals surface area contributed by atoms with Crippen LogP contribution in [0.5, 0.6) is 0 Å². The fourth-order valence-corrected chi connectivity index (χ4v) is 2.83. The smallest absolute Gasteiger partial charge is 0.313 e. The highest BCUT2D eigenvalue weighted by Gasteiger charge is 2.36. The average molecular weight is 306 g/mol. The van der Waals surface area contributed by atoms with Crippen molar-refractivity contribution >= 4 is 17.5 Å². The summed E-state index contributed by atoms with van der Waals surface area (Å²) in [4.78, 5) is 40.1. The number of amides is 2. The van der Waals surface area contributed by atoms with Gasteiger partial charge in [0.1, 0.15) is 5.69 Å². The summed E-state index contributed by atoms with van der Waals surface area (Å²) in [7, 11) is 3.97. The van der Waals surface area contributed by atoms with E-state index in [0.29, 0.717) is 6.54 Å². The van der Waals surface area contributed by atoms with Crippen LogP contribution in [0.4, 0.5) is 5.69 Å². The summed E-state index contributed by atoms with van der Waals surface area (Å²) in [6.07, 6.45) is 7.06. The normalized spacial score (nSPS) is 16.5. The Morgan fingerprint density at radius 3 is 2.55 bits per heavy atom. The van der Waals surface area contributed by atoms with E-state index in [-0.39, 0.29) is 16.7 Å². The summed E-state index contributed by atoms with van der Waals surface area (Å²) in [5.41, 5.74) is -0.369. The van der Waals surface area contributed by atoms with Crippen molar-refractivity contribution < 1.29 is 9.59 Å². The van der Waals surface area contributed by atoms with E-state index in [0.717, 1.165) is 25.7 Å². The standard InChI is InChI=1S/C15H22N4O3/c1-19(2)15(6-3-4-7-15)10-17-13(21)14(22)18-11-9-16-8-5-12(11)20/h5,8-9H,3-4,6-7,10H2,1-2H3,(H,16,20)(H,17,21)(H,18,22). The van der Waals surface area contributed by atoms with Gasteiger partial charge in [-0.15, -0.1) is 0 Å². The number of carbonyl (C=O) groups is 2. The Kier molecular flexibility index (Phi) is 4.97. The zero-order valence-corrected chi connectivity index (χ0v) is 12.9. The Bertz CT molecular complexity index is 603. The van der Waals surface area contributed by atoms with Crippen molar-refractivity contribution in [2.75, 3.05) is 26.0 Å². The summed E-state index contributed by atoms with van der Waals surface area (Å²) in [5.74, 6) is -1.56. The minimum Gasteiger partial charge on any atom is -0.366 e. The lowest BCUT2D eigenvalue weighted by Crippen LogP contribution is -2.52. The minimum atomic E-state index is -0.830. The molecule has 0 aliphatic heterocycles. The molecular formula is C15H22N4O3. The molecule has 1 aromatic heterocycles. The van der Waals surface area contributed by atoms with Crippen LogP contribution < -0.4 is 16.1 Å². The number of hydrogen-bond donors (Lipinski definition) is 3. The second-order valence-electron chi connectivity index (χ2n) is 5.88. The van der Waals surface area contributed by atoms with Crippen LogP contribution in [0.1, 0.15) is 25.7 Å². The largest absolute Gasteiger partial charge is 0.366 e. The maximum Gasteiger partial charge on any atom is 0.313 e. The van der Waals surface area contributed by atoms with Crippen LogP contribution in [-0.2, 0) is 9.59 Å². The van der Waals surface area contributed by atoms with E-state index >= 15 is 0 Å². The molecule has 0 radical (unpaired) electrons. The lowest BCUT2D eigenvalue weighted by atomic mass is 9.96. The van der Waals surface area contributed by atoms with Crippen molar-refractivity contribution in [3.63, 3.8) is 0 Å². The highest BCUT2D eigenvalue weighted by atomic mass is 16.2. The fraction of sp³-hybridized carbons (Fsp3) is 0.533. The van der Waals surface area contributed by atoms with E-state index in [1.807, 2.05) is 14.1 Å². The zero-order valence-electron chi connectivity index (χ0n) is 12.9. The molecule has 1 heterocycles. The lowest BCUT2D eigenvalue weighted by molar-refractivity contribution is -0.136. The number of likely N-dealkylation sites (N-methyl/N-ethyl adjacent to an activating group) is 1. The summed E-state index contributed by atoms with van der Waals surface area (Å²) in [5, 5.41) is 5.00. The van der Waals surface area contributed by atoms with Crippen molar-refractivity contribution in [2.45, 2.75) is 31.2 Å². The topological polar surface area (TPSA) is 94.3 Å². The van der Waals surface area contributed by atoms with Crippen molar-refractivity contribution in [3.8, 4) is 0 Å². The molecule has 0 spiro atoms. The molecule has 0 aromatic carbocycles. The Morgan fingerprint density at radius 2 is 1.95 bits per heavy atom. The van der Waals surface area contributed by atoms with Gasteiger partial charge >= 0.3 is 11.8 Å². The first-order chi connectivity index (χ1) is 10.4. The number of hydrogen-bond acceptors (Lipinski definition) is 4. The number of aromatic nitrogens is 1. The number of nitrogens with zero attached hydrogens (tertiary/aromatic N) is 1. The third-order valence-electron chi connectivity index (χ3n) is 4.34. The molecule has 2 amide bonds. The van der Waals surface area contributed by atoms with Crippen molar-refractivity contribution in [3.05, 3.63) is 28.7 Å². The van der Waals surface area contributed by atoms with Crippen molar-refractivity contribution in [2.24, 2.45) is 0 Å². The lowest BCUT2D eigenvalue weighted by Gasteiger charge is -2.36. The first-order valence-electron chi connectivity index (χ1n) is 7.38. The van der Waals surface area contributed by atoms with E-state index in [9.17, 15) is 14.4 Å². The quantitative estimate of drug-likeness (QED) is 0.698. The molecule has 0 saturated heterocycles. The molecule has 0 unspecified atom stereocenters. The van der Waals surface area contributed by atoms with Gasteiger partial charge in [0.05, 0.1) is 0 Å². The molecular weight excluding hydrogens is 284 g/mol. The van der Waals surface area contributed by atoms with Gasteiger partial charge in [-0.1, -0.05) is 12.8 Å². The second kappa shape index (κ2) is 6.74. The number of nitrogens with one attached hydrogen (secondary N) is 3. The van der Waals surface area contributed by atoms with Gasteiger partial charge < -0.3 is 20.5 Å². The van der Waals surface area contributed by atoms with E-state index in [2.05, 4.69) is 20.5 Å².